The van der Waals surface area contributed by atoms with Gasteiger partial charge in [-0.25, -0.2) is 4.39 Å². The highest BCUT2D eigenvalue weighted by atomic mass is 19.1. The second-order valence-electron chi connectivity index (χ2n) is 11.1. The second kappa shape index (κ2) is 9.60. The van der Waals surface area contributed by atoms with Gasteiger partial charge in [0.05, 0.1) is 28.8 Å². The summed E-state index contributed by atoms with van der Waals surface area (Å²) >= 11 is 0. The predicted molar refractivity (Wildman–Crippen MR) is 154 cm³/mol. The van der Waals surface area contributed by atoms with E-state index in [1.54, 1.807) is 18.6 Å². The Hall–Kier alpha value is -5.05. The first-order chi connectivity index (χ1) is 19.1. The summed E-state index contributed by atoms with van der Waals surface area (Å²) in [5, 5.41) is 22.2. The van der Waals surface area contributed by atoms with Crippen LogP contribution in [0.15, 0.2) is 73.2 Å². The van der Waals surface area contributed by atoms with Crippen molar-refractivity contribution in [3.63, 3.8) is 0 Å². The molecule has 0 bridgehead atoms. The number of aromatic hydroxyl groups is 1. The van der Waals surface area contributed by atoms with Gasteiger partial charge >= 0.3 is 0 Å². The fraction of sp³-hybridized carbons (Fsp3) is 0.161. The number of carbonyl (C=O) groups excluding carboxylic acids is 1. The minimum Gasteiger partial charge on any atom is -0.508 e. The number of fused-ring (bicyclic) bond motifs is 2. The van der Waals surface area contributed by atoms with Gasteiger partial charge in [0.2, 0.25) is 5.91 Å². The molecule has 4 heterocycles. The first-order valence-electron chi connectivity index (χ1n) is 12.8. The number of aromatic nitrogens is 5. The number of benzene rings is 2. The van der Waals surface area contributed by atoms with Crippen molar-refractivity contribution in [1.29, 1.82) is 0 Å². The topological polar surface area (TPSA) is 120 Å². The molecule has 4 N–H and O–H groups in total. The van der Waals surface area contributed by atoms with Crippen molar-refractivity contribution in [1.82, 2.24) is 25.1 Å². The maximum atomic E-state index is 14.0. The average molecular weight is 535 g/mol. The Bertz CT molecular complexity index is 1880. The Morgan fingerprint density at radius 1 is 0.925 bits per heavy atom. The van der Waals surface area contributed by atoms with Crippen LogP contribution in [0.1, 0.15) is 27.2 Å². The smallest absolute Gasteiger partial charge is 0.224 e. The maximum Gasteiger partial charge on any atom is 0.224 e. The van der Waals surface area contributed by atoms with E-state index in [2.05, 4.69) is 30.5 Å². The number of nitrogens with one attached hydrogen (secondary N) is 3. The van der Waals surface area contributed by atoms with Crippen LogP contribution in [0.3, 0.4) is 0 Å². The molecule has 0 saturated heterocycles. The zero-order valence-electron chi connectivity index (χ0n) is 22.2. The molecule has 0 fully saturated rings. The number of halogens is 1. The van der Waals surface area contributed by atoms with Crippen LogP contribution in [-0.2, 0) is 4.79 Å². The molecule has 6 rings (SSSR count). The highest BCUT2D eigenvalue weighted by molar-refractivity contribution is 6.01. The minimum absolute atomic E-state index is 0.0554. The van der Waals surface area contributed by atoms with E-state index in [1.165, 1.54) is 12.1 Å². The predicted octanol–water partition coefficient (Wildman–Crippen LogP) is 7.05. The molecular formula is C31H27FN6O2. The highest BCUT2D eigenvalue weighted by Gasteiger charge is 2.18. The second-order valence-corrected chi connectivity index (χ2v) is 11.1. The summed E-state index contributed by atoms with van der Waals surface area (Å²) in [5.74, 6) is -0.759. The summed E-state index contributed by atoms with van der Waals surface area (Å²) < 4.78 is 14.0. The Labute approximate surface area is 229 Å². The third-order valence-corrected chi connectivity index (χ3v) is 6.57. The number of nitrogens with zero attached hydrogens (tertiary/aromatic N) is 3. The number of anilines is 1. The number of aromatic amines is 2. The number of carbonyl (C=O) groups is 1. The lowest BCUT2D eigenvalue weighted by Crippen LogP contribution is -2.19. The van der Waals surface area contributed by atoms with Crippen molar-refractivity contribution in [2.24, 2.45) is 5.41 Å². The summed E-state index contributed by atoms with van der Waals surface area (Å²) in [6.45, 7) is 6.07. The SMILES string of the molecule is CC(C)(C)CC(=O)Nc1cncc(-c2ccc3[nH]nc(-c4cc5c(-c6cc(O)cc(F)c6)nccc5[nH]4)c3c2)c1. The van der Waals surface area contributed by atoms with E-state index < -0.39 is 5.82 Å². The van der Waals surface area contributed by atoms with Crippen LogP contribution < -0.4 is 5.32 Å². The van der Waals surface area contributed by atoms with E-state index in [9.17, 15) is 14.3 Å². The number of pyridine rings is 2. The standard InChI is InChI=1S/C31H27FN6O2/c1-31(2,3)14-28(40)35-21-9-19(15-33-16-21)17-4-5-26-23(11-17)30(38-37-26)27-13-24-25(36-27)6-7-34-29(24)18-8-20(32)12-22(39)10-18/h4-13,15-16,36,39H,14H2,1-3H3,(H,35,40)(H,37,38). The van der Waals surface area contributed by atoms with E-state index in [4.69, 9.17) is 0 Å². The quantitative estimate of drug-likeness (QED) is 0.189. The summed E-state index contributed by atoms with van der Waals surface area (Å²) in [5.41, 5.74) is 6.46. The van der Waals surface area contributed by atoms with Gasteiger partial charge in [-0.05, 0) is 53.4 Å². The minimum atomic E-state index is -0.539. The number of hydrogen-bond donors (Lipinski definition) is 4. The number of phenolic OH excluding ortho intramolecular Hbond substituents is 1. The zero-order valence-corrected chi connectivity index (χ0v) is 22.2. The van der Waals surface area contributed by atoms with E-state index >= 15 is 0 Å². The summed E-state index contributed by atoms with van der Waals surface area (Å²) in [6.07, 6.45) is 5.44. The average Bonchev–Trinajstić information content (AvgIpc) is 3.50. The molecule has 8 nitrogen and oxygen atoms in total. The van der Waals surface area contributed by atoms with Crippen molar-refractivity contribution in [3.8, 4) is 39.5 Å². The zero-order chi connectivity index (χ0) is 28.0. The lowest BCUT2D eigenvalue weighted by molar-refractivity contribution is -0.117. The van der Waals surface area contributed by atoms with E-state index in [-0.39, 0.29) is 17.1 Å². The van der Waals surface area contributed by atoms with Gasteiger partial charge in [0.15, 0.2) is 0 Å². The summed E-state index contributed by atoms with van der Waals surface area (Å²) in [7, 11) is 0. The molecule has 0 aliphatic rings. The van der Waals surface area contributed by atoms with Gasteiger partial charge in [0, 0.05) is 52.3 Å². The van der Waals surface area contributed by atoms with E-state index in [0.717, 1.165) is 44.7 Å². The molecule has 0 aliphatic heterocycles. The fourth-order valence-electron chi connectivity index (χ4n) is 4.87. The first-order valence-corrected chi connectivity index (χ1v) is 12.8. The molecule has 0 aliphatic carbocycles. The van der Waals surface area contributed by atoms with Crippen LogP contribution in [-0.4, -0.2) is 36.2 Å². The van der Waals surface area contributed by atoms with E-state index in [0.29, 0.717) is 29.1 Å². The normalized spacial score (nSPS) is 11.8. The molecule has 0 radical (unpaired) electrons. The van der Waals surface area contributed by atoms with Crippen LogP contribution in [0.25, 0.3) is 55.6 Å². The molecular weight excluding hydrogens is 507 g/mol. The van der Waals surface area contributed by atoms with Crippen molar-refractivity contribution in [2.75, 3.05) is 5.32 Å². The lowest BCUT2D eigenvalue weighted by atomic mass is 9.92. The molecule has 2 aromatic carbocycles. The number of phenols is 1. The van der Waals surface area contributed by atoms with Gasteiger partial charge in [0.1, 0.15) is 17.3 Å². The third-order valence-electron chi connectivity index (χ3n) is 6.57. The summed E-state index contributed by atoms with van der Waals surface area (Å²) in [4.78, 5) is 24.6. The Kier molecular flexibility index (Phi) is 6.06. The van der Waals surface area contributed by atoms with Crippen LogP contribution in [0, 0.1) is 11.2 Å². The molecule has 1 amide bonds. The number of rotatable bonds is 5. The Balaban J connectivity index is 1.37. The molecule has 0 saturated carbocycles. The van der Waals surface area contributed by atoms with Crippen LogP contribution in [0.2, 0.25) is 0 Å². The molecule has 4 aromatic heterocycles. The number of hydrogen-bond acceptors (Lipinski definition) is 5. The maximum absolute atomic E-state index is 14.0. The van der Waals surface area contributed by atoms with Crippen molar-refractivity contribution >= 4 is 33.4 Å². The Morgan fingerprint density at radius 3 is 2.55 bits per heavy atom. The molecule has 0 unspecified atom stereocenters. The molecule has 6 aromatic rings. The summed E-state index contributed by atoms with van der Waals surface area (Å²) in [6, 6.07) is 15.5. The monoisotopic (exact) mass is 534 g/mol. The van der Waals surface area contributed by atoms with Gasteiger partial charge < -0.3 is 15.4 Å². The fourth-order valence-corrected chi connectivity index (χ4v) is 4.87. The van der Waals surface area contributed by atoms with Crippen LogP contribution in [0.4, 0.5) is 10.1 Å². The van der Waals surface area contributed by atoms with Gasteiger partial charge in [-0.1, -0.05) is 26.8 Å². The molecule has 40 heavy (non-hydrogen) atoms. The van der Waals surface area contributed by atoms with Crippen molar-refractivity contribution < 1.29 is 14.3 Å². The first kappa shape index (κ1) is 25.2. The Morgan fingerprint density at radius 2 is 1.75 bits per heavy atom. The van der Waals surface area contributed by atoms with Crippen molar-refractivity contribution in [2.45, 2.75) is 27.2 Å². The molecule has 0 spiro atoms. The highest BCUT2D eigenvalue weighted by Crippen LogP contribution is 2.35. The van der Waals surface area contributed by atoms with Crippen LogP contribution in [0.5, 0.6) is 5.75 Å². The lowest BCUT2D eigenvalue weighted by Gasteiger charge is -2.17. The van der Waals surface area contributed by atoms with Gasteiger partial charge in [-0.3, -0.25) is 19.9 Å². The third kappa shape index (κ3) is 5.01. The van der Waals surface area contributed by atoms with Gasteiger partial charge in [-0.2, -0.15) is 5.10 Å². The number of H-pyrrole nitrogens is 2. The van der Waals surface area contributed by atoms with Gasteiger partial charge in [0.25, 0.3) is 0 Å². The van der Waals surface area contributed by atoms with Crippen LogP contribution >= 0.6 is 0 Å². The van der Waals surface area contributed by atoms with Crippen molar-refractivity contribution in [3.05, 3.63) is 79.0 Å². The molecule has 200 valence electrons. The molecule has 9 heteroatoms. The van der Waals surface area contributed by atoms with E-state index in [1.807, 2.05) is 57.2 Å². The molecule has 0 atom stereocenters. The number of amides is 1. The van der Waals surface area contributed by atoms with Gasteiger partial charge in [-0.15, -0.1) is 0 Å². The largest absolute Gasteiger partial charge is 0.508 e.